The summed E-state index contributed by atoms with van der Waals surface area (Å²) >= 11 is 0. The summed E-state index contributed by atoms with van der Waals surface area (Å²) in [7, 11) is 0. The van der Waals surface area contributed by atoms with Gasteiger partial charge in [0.2, 0.25) is 5.60 Å². The molecule has 21 heavy (non-hydrogen) atoms. The smallest absolute Gasteiger partial charge is 0.347 e. The minimum atomic E-state index is -1.17. The Bertz CT molecular complexity index is 578. The Balaban J connectivity index is 0.000000677. The van der Waals surface area contributed by atoms with Crippen LogP contribution in [0.3, 0.4) is 0 Å². The zero-order chi connectivity index (χ0) is 16.4. The van der Waals surface area contributed by atoms with Crippen LogP contribution in [-0.2, 0) is 16.0 Å². The third-order valence-electron chi connectivity index (χ3n) is 3.97. The van der Waals surface area contributed by atoms with Crippen LogP contribution in [0.4, 0.5) is 0 Å². The fraction of sp³-hybridized carbons (Fsp3) is 0.467. The Morgan fingerprint density at radius 3 is 2.24 bits per heavy atom. The Morgan fingerprint density at radius 2 is 1.76 bits per heavy atom. The van der Waals surface area contributed by atoms with E-state index in [9.17, 15) is 15.0 Å². The molecule has 0 radical (unpaired) electrons. The second-order valence-electron chi connectivity index (χ2n) is 5.27. The summed E-state index contributed by atoms with van der Waals surface area (Å²) in [6, 6.07) is 0. The Hall–Kier alpha value is -2.24. The molecule has 1 aromatic carbocycles. The van der Waals surface area contributed by atoms with Crippen molar-refractivity contribution < 1.29 is 29.6 Å². The van der Waals surface area contributed by atoms with Gasteiger partial charge >= 0.3 is 5.97 Å². The van der Waals surface area contributed by atoms with Gasteiger partial charge < -0.3 is 20.1 Å². The predicted molar refractivity (Wildman–Crippen MR) is 76.0 cm³/mol. The number of benzene rings is 1. The molecule has 1 atom stereocenters. The molecule has 1 heterocycles. The maximum atomic E-state index is 11.3. The number of aliphatic carboxylic acids is 1. The van der Waals surface area contributed by atoms with Gasteiger partial charge in [0.15, 0.2) is 0 Å². The Kier molecular flexibility index (Phi) is 4.83. The monoisotopic (exact) mass is 296 g/mol. The first-order valence-corrected chi connectivity index (χ1v) is 6.51. The van der Waals surface area contributed by atoms with E-state index < -0.39 is 11.6 Å². The number of carbonyl (C=O) groups is 2. The second kappa shape index (κ2) is 6.03. The van der Waals surface area contributed by atoms with E-state index >= 15 is 0 Å². The third kappa shape index (κ3) is 2.94. The van der Waals surface area contributed by atoms with Gasteiger partial charge in [0.05, 0.1) is 0 Å². The number of phenolic OH excluding ortho intramolecular Hbond substituents is 1. The molecule has 0 amide bonds. The maximum Gasteiger partial charge on any atom is 0.347 e. The van der Waals surface area contributed by atoms with Crippen molar-refractivity contribution in [1.82, 2.24) is 0 Å². The summed E-state index contributed by atoms with van der Waals surface area (Å²) in [6.45, 7) is 6.84. The molecule has 1 aliphatic heterocycles. The summed E-state index contributed by atoms with van der Waals surface area (Å²) in [6.07, 6.45) is 1.02. The first-order valence-electron chi connectivity index (χ1n) is 6.51. The van der Waals surface area contributed by atoms with Crippen molar-refractivity contribution in [3.05, 3.63) is 22.3 Å². The Labute approximate surface area is 123 Å². The van der Waals surface area contributed by atoms with Crippen LogP contribution in [0.1, 0.15) is 35.6 Å². The summed E-state index contributed by atoms with van der Waals surface area (Å²) < 4.78 is 5.72. The van der Waals surface area contributed by atoms with Crippen LogP contribution in [0.2, 0.25) is 0 Å². The third-order valence-corrected chi connectivity index (χ3v) is 3.97. The molecule has 0 aromatic heterocycles. The number of aromatic hydroxyl groups is 1. The summed E-state index contributed by atoms with van der Waals surface area (Å²) in [5.74, 6) is -0.0383. The zero-order valence-corrected chi connectivity index (χ0v) is 12.6. The first-order chi connectivity index (χ1) is 9.69. The number of phenols is 1. The van der Waals surface area contributed by atoms with Crippen LogP contribution < -0.4 is 4.74 Å². The quantitative estimate of drug-likeness (QED) is 0.686. The van der Waals surface area contributed by atoms with E-state index in [1.54, 1.807) is 6.92 Å². The molecule has 0 fully saturated rings. The molecule has 0 saturated heterocycles. The molecule has 0 aliphatic carbocycles. The van der Waals surface area contributed by atoms with Crippen LogP contribution >= 0.6 is 0 Å². The molecule has 0 saturated carbocycles. The average Bonchev–Trinajstić information content (AvgIpc) is 2.43. The van der Waals surface area contributed by atoms with Gasteiger partial charge in [0.1, 0.15) is 11.5 Å². The largest absolute Gasteiger partial charge is 0.507 e. The number of carboxylic acids is 1. The van der Waals surface area contributed by atoms with E-state index in [-0.39, 0.29) is 12.2 Å². The van der Waals surface area contributed by atoms with E-state index in [0.29, 0.717) is 18.6 Å². The van der Waals surface area contributed by atoms with Crippen LogP contribution in [0, 0.1) is 20.8 Å². The van der Waals surface area contributed by atoms with E-state index in [4.69, 9.17) is 14.6 Å². The van der Waals surface area contributed by atoms with Crippen molar-refractivity contribution in [1.29, 1.82) is 0 Å². The van der Waals surface area contributed by atoms with Crippen molar-refractivity contribution in [2.45, 2.75) is 46.1 Å². The molecule has 6 heteroatoms. The maximum absolute atomic E-state index is 11.3. The number of rotatable bonds is 1. The molecule has 0 bridgehead atoms. The summed E-state index contributed by atoms with van der Waals surface area (Å²) in [4.78, 5) is 19.6. The lowest BCUT2D eigenvalue weighted by Gasteiger charge is -2.34. The molecule has 1 aromatic rings. The minimum absolute atomic E-state index is 0.250. The molecule has 3 N–H and O–H groups in total. The van der Waals surface area contributed by atoms with Crippen molar-refractivity contribution in [2.75, 3.05) is 0 Å². The molecule has 1 aliphatic rings. The van der Waals surface area contributed by atoms with Crippen LogP contribution in [0.25, 0.3) is 0 Å². The standard InChI is InChI=1S/C14H18O4.CH2O2/c1-7-8(2)12-10(9(3)11(7)15)5-6-14(4,18-12)13(16)17;2-1-3/h15H,5-6H2,1-4H3,(H,16,17);1H,(H,2,3). The lowest BCUT2D eigenvalue weighted by molar-refractivity contribution is -0.155. The number of fused-ring (bicyclic) bond motifs is 1. The van der Waals surface area contributed by atoms with E-state index in [1.807, 2.05) is 20.8 Å². The van der Waals surface area contributed by atoms with Crippen LogP contribution in [0.5, 0.6) is 11.5 Å². The number of hydrogen-bond donors (Lipinski definition) is 3. The molecule has 1 unspecified atom stereocenters. The van der Waals surface area contributed by atoms with Gasteiger partial charge in [0.25, 0.3) is 6.47 Å². The summed E-state index contributed by atoms with van der Waals surface area (Å²) in [5, 5.41) is 26.1. The van der Waals surface area contributed by atoms with E-state index in [1.165, 1.54) is 0 Å². The first kappa shape index (κ1) is 16.8. The summed E-state index contributed by atoms with van der Waals surface area (Å²) in [5.41, 5.74) is 2.11. The van der Waals surface area contributed by atoms with Crippen LogP contribution in [0.15, 0.2) is 0 Å². The molecule has 6 nitrogen and oxygen atoms in total. The molecule has 2 rings (SSSR count). The van der Waals surface area contributed by atoms with Gasteiger partial charge in [-0.2, -0.15) is 0 Å². The van der Waals surface area contributed by atoms with E-state index in [2.05, 4.69) is 0 Å². The van der Waals surface area contributed by atoms with Crippen molar-refractivity contribution in [3.8, 4) is 11.5 Å². The van der Waals surface area contributed by atoms with Crippen molar-refractivity contribution in [3.63, 3.8) is 0 Å². The predicted octanol–water partition coefficient (Wildman–Crippen LogP) is 2.19. The van der Waals surface area contributed by atoms with Gasteiger partial charge in [-0.25, -0.2) is 4.79 Å². The average molecular weight is 296 g/mol. The highest BCUT2D eigenvalue weighted by Gasteiger charge is 2.40. The van der Waals surface area contributed by atoms with Gasteiger partial charge in [-0.3, -0.25) is 4.79 Å². The number of hydrogen-bond acceptors (Lipinski definition) is 4. The molecular weight excluding hydrogens is 276 g/mol. The highest BCUT2D eigenvalue weighted by atomic mass is 16.5. The molecular formula is C15H20O6. The fourth-order valence-corrected chi connectivity index (χ4v) is 2.40. The van der Waals surface area contributed by atoms with Crippen LogP contribution in [-0.4, -0.2) is 33.4 Å². The lowest BCUT2D eigenvalue weighted by Crippen LogP contribution is -2.44. The number of ether oxygens (including phenoxy) is 1. The normalized spacial score (nSPS) is 19.6. The second-order valence-corrected chi connectivity index (χ2v) is 5.27. The zero-order valence-electron chi connectivity index (χ0n) is 12.6. The van der Waals surface area contributed by atoms with Gasteiger partial charge in [-0.15, -0.1) is 0 Å². The van der Waals surface area contributed by atoms with Crippen molar-refractivity contribution >= 4 is 12.4 Å². The van der Waals surface area contributed by atoms with Gasteiger partial charge in [-0.1, -0.05) is 0 Å². The lowest BCUT2D eigenvalue weighted by atomic mass is 9.87. The Morgan fingerprint density at radius 1 is 1.24 bits per heavy atom. The van der Waals surface area contributed by atoms with E-state index in [0.717, 1.165) is 22.3 Å². The van der Waals surface area contributed by atoms with Crippen molar-refractivity contribution in [2.24, 2.45) is 0 Å². The fourth-order valence-electron chi connectivity index (χ4n) is 2.40. The minimum Gasteiger partial charge on any atom is -0.507 e. The highest BCUT2D eigenvalue weighted by Crippen LogP contribution is 2.43. The highest BCUT2D eigenvalue weighted by molar-refractivity contribution is 5.78. The SMILES string of the molecule is Cc1c(C)c2c(c(C)c1O)CCC(C)(C(=O)O)O2.O=CO. The molecule has 0 spiro atoms. The molecule has 116 valence electrons. The topological polar surface area (TPSA) is 104 Å². The van der Waals surface area contributed by atoms with Gasteiger partial charge in [-0.05, 0) is 50.8 Å². The van der Waals surface area contributed by atoms with Gasteiger partial charge in [0, 0.05) is 12.0 Å². The number of carboxylic acid groups (broad SMARTS) is 2.